The van der Waals surface area contributed by atoms with Crippen molar-refractivity contribution >= 4 is 40.5 Å². The van der Waals surface area contributed by atoms with Crippen molar-refractivity contribution in [1.29, 1.82) is 0 Å². The molecule has 24 N–H and O–H groups in total. The molecule has 0 saturated carbocycles. The first-order chi connectivity index (χ1) is 51.1. The fraction of sp³-hybridized carbons (Fsp3) is 0.784. The van der Waals surface area contributed by atoms with Gasteiger partial charge in [0.25, 0.3) is 0 Å². The van der Waals surface area contributed by atoms with Gasteiger partial charge in [0.2, 0.25) is 0 Å². The van der Waals surface area contributed by atoms with Crippen LogP contribution in [0.4, 0.5) is 0 Å². The van der Waals surface area contributed by atoms with E-state index in [-0.39, 0.29) is 408 Å². The van der Waals surface area contributed by atoms with Crippen LogP contribution in [-0.4, -0.2) is 227 Å². The SMILES string of the molecule is C.C.C.C.CC(C)(C)C(=[OH+])C=C(O)C(C)(C)C.CC(C)(C)C(=[OH+])C=C(O)C(C)(C)C.CC(C)(C)C(=[OH+])C=C(O)C(C)(C)C.CC(C)(C)C(=[OH+])C=C(O)C(C)(C)C.CC(C)(C)C(=[OH+])C=C(O)C(C)(C)C.CC(C)(C)C(=[OH+])C=C(O)C(C)(C)C.CC(C)(C)C(=[OH+])C=C(O)C(C)(C)C.CC(O)CC(C)O.CC(O)CCO.CO.CO.CO.CO.OCCCO.[Zr].[Zr].[Zr].[Zr].[Zr].[Zr].[Zr]. The Morgan fingerprint density at radius 2 is 0.297 bits per heavy atom. The van der Waals surface area contributed by atoms with E-state index < -0.39 is 0 Å². The molecule has 0 amide bonds. The molecule has 0 saturated heterocycles. The molecular formula is C97H209O24Zr7+7. The fourth-order valence-corrected chi connectivity index (χ4v) is 4.69. The number of carbonyl (C=O) groups excluding carboxylic acids is 7. The third kappa shape index (κ3) is 135. The summed E-state index contributed by atoms with van der Waals surface area (Å²) in [6.07, 6.45) is 10.5. The zero-order valence-corrected chi connectivity index (χ0v) is 104. The average molecular weight is 2400 g/mol. The van der Waals surface area contributed by atoms with Gasteiger partial charge in [-0.1, -0.05) is 175 Å². The molecule has 31 heteroatoms. The maximum atomic E-state index is 9.60. The Morgan fingerprint density at radius 1 is 0.203 bits per heavy atom. The van der Waals surface area contributed by atoms with E-state index in [9.17, 15) is 69.3 Å². The summed E-state index contributed by atoms with van der Waals surface area (Å²) in [5.74, 6) is 2.92. The third-order valence-electron chi connectivity index (χ3n) is 14.2. The molecule has 0 radical (unpaired) electrons. The summed E-state index contributed by atoms with van der Waals surface area (Å²) in [7, 11) is 4.00. The first-order valence-electron chi connectivity index (χ1n) is 39.6. The third-order valence-corrected chi connectivity index (χ3v) is 14.2. The van der Waals surface area contributed by atoms with Crippen LogP contribution in [0.2, 0.25) is 0 Å². The number of aliphatic hydroxyl groups excluding tert-OH is 17. The molecule has 0 aromatic heterocycles. The Balaban J connectivity index is -0.0000000396. The maximum Gasteiger partial charge on any atom is 0.325 e. The summed E-state index contributed by atoms with van der Waals surface area (Å²) in [6.45, 7) is 84.9. The van der Waals surface area contributed by atoms with Crippen LogP contribution in [0.25, 0.3) is 0 Å². The predicted molar refractivity (Wildman–Crippen MR) is 526 cm³/mol. The normalized spacial score (nSPS) is 12.5. The van der Waals surface area contributed by atoms with Crippen molar-refractivity contribution in [3.63, 3.8) is 0 Å². The van der Waals surface area contributed by atoms with Crippen molar-refractivity contribution in [3.05, 3.63) is 82.8 Å². The second-order valence-electron chi connectivity index (χ2n) is 42.0. The zero-order valence-electron chi connectivity index (χ0n) is 87.2. The topological polar surface area (TPSA) is 494 Å². The summed E-state index contributed by atoms with van der Waals surface area (Å²) < 4.78 is 0. The summed E-state index contributed by atoms with van der Waals surface area (Å²) in [5, 5.41) is 145. The minimum absolute atomic E-state index is 0. The molecule has 0 aromatic carbocycles. The first kappa shape index (κ1) is 195. The van der Waals surface area contributed by atoms with Gasteiger partial charge in [-0.25, -0.2) is 0 Å². The van der Waals surface area contributed by atoms with Gasteiger partial charge in [-0.05, 0) is 185 Å². The molecule has 24 nitrogen and oxygen atoms in total. The molecular weight excluding hydrogens is 2190 g/mol. The number of allylic oxidation sites excluding steroid dienone is 14. The smallest absolute Gasteiger partial charge is 0.325 e. The van der Waals surface area contributed by atoms with E-state index in [4.69, 9.17) is 51.1 Å². The fourth-order valence-electron chi connectivity index (χ4n) is 4.69. The molecule has 0 aromatic rings. The van der Waals surface area contributed by atoms with Crippen molar-refractivity contribution in [2.24, 2.45) is 75.8 Å². The van der Waals surface area contributed by atoms with Crippen molar-refractivity contribution in [2.45, 2.75) is 379 Å². The van der Waals surface area contributed by atoms with Crippen molar-refractivity contribution < 1.29 is 304 Å². The Bertz CT molecular complexity index is 2400. The molecule has 0 aliphatic heterocycles. The molecule has 0 heterocycles. The van der Waals surface area contributed by atoms with Gasteiger partial charge >= 0.3 is 40.5 Å². The molecule has 3 unspecified atom stereocenters. The predicted octanol–water partition coefficient (Wildman–Crippen LogP) is 21.7. The number of aliphatic hydroxyl groups is 17. The maximum absolute atomic E-state index is 9.60. The van der Waals surface area contributed by atoms with Crippen molar-refractivity contribution in [2.75, 3.05) is 48.3 Å². The van der Waals surface area contributed by atoms with Gasteiger partial charge < -0.3 is 86.8 Å². The summed E-state index contributed by atoms with van der Waals surface area (Å²) in [6, 6.07) is 0. The second-order valence-corrected chi connectivity index (χ2v) is 42.0. The Labute approximate surface area is 919 Å². The van der Waals surface area contributed by atoms with Gasteiger partial charge in [0, 0.05) is 270 Å². The molecule has 0 aliphatic carbocycles. The second kappa shape index (κ2) is 92.3. The van der Waals surface area contributed by atoms with E-state index in [2.05, 4.69) is 0 Å². The van der Waals surface area contributed by atoms with Crippen molar-refractivity contribution in [1.82, 2.24) is 0 Å². The van der Waals surface area contributed by atoms with E-state index in [0.717, 1.165) is 28.4 Å². The Morgan fingerprint density at radius 3 is 0.320 bits per heavy atom. The van der Waals surface area contributed by atoms with Gasteiger partial charge in [-0.15, -0.1) is 0 Å². The number of hydrogen-bond acceptors (Lipinski definition) is 17. The van der Waals surface area contributed by atoms with Crippen LogP contribution >= 0.6 is 0 Å². The average Bonchev–Trinajstić information content (AvgIpc) is 0.907. The van der Waals surface area contributed by atoms with E-state index in [1.165, 1.54) is 42.5 Å². The van der Waals surface area contributed by atoms with Crippen LogP contribution < -0.4 is 0 Å². The van der Waals surface area contributed by atoms with E-state index >= 15 is 0 Å². The van der Waals surface area contributed by atoms with Crippen LogP contribution in [0.5, 0.6) is 0 Å². The van der Waals surface area contributed by atoms with Gasteiger partial charge in [-0.3, -0.25) is 33.6 Å². The largest absolute Gasteiger partial charge is 0.511 e. The van der Waals surface area contributed by atoms with Crippen LogP contribution in [0.3, 0.4) is 0 Å². The van der Waals surface area contributed by atoms with Crippen LogP contribution in [0, 0.1) is 75.8 Å². The minimum atomic E-state index is -0.375. The molecule has 3 atom stereocenters. The summed E-state index contributed by atoms with van der Waals surface area (Å²) in [5.41, 5.74) is -4.29. The van der Waals surface area contributed by atoms with Crippen molar-refractivity contribution in [3.8, 4) is 0 Å². The zero-order chi connectivity index (χ0) is 99.0. The Kier molecular flexibility index (Phi) is 140. The van der Waals surface area contributed by atoms with Crippen LogP contribution in [0.1, 0.15) is 361 Å². The Hall–Kier alpha value is 0.252. The van der Waals surface area contributed by atoms with Crippen LogP contribution in [-0.2, 0) is 183 Å². The van der Waals surface area contributed by atoms with Gasteiger partial charge in [0.1, 0.15) is 40.3 Å². The molecule has 0 fully saturated rings. The standard InChI is InChI=1S/7C11H20O2.C5H12O2.C4H10O2.C3H8O2.4CH4O.4CH4.7Zr/c7*1-10(2,3)8(12)7-9(13)11(4,5)6;1-4(6)3-5(2)7;1-4(6)2-3-5;4-2-1-3-5;4*1-2;;;;;;;;;;;/h7*7,12H,1-6H3;4-7H,3H2,1-2H3;4-6H,2-3H2,1H3;4-5H,1-3H2;4*2H,1H3;4*1H4;;;;;;;/p+7. The number of hydrogen-bond donors (Lipinski definition) is 17. The monoisotopic (exact) mass is 2390 g/mol. The molecule has 0 bridgehead atoms. The molecule has 0 rings (SSSR count). The number of rotatable bonds is 13. The van der Waals surface area contributed by atoms with Crippen LogP contribution in [0.15, 0.2) is 82.8 Å². The minimum Gasteiger partial charge on any atom is -0.511 e. The first-order valence-corrected chi connectivity index (χ1v) is 39.6. The molecule has 0 spiro atoms. The molecule has 128 heavy (non-hydrogen) atoms. The quantitative estimate of drug-likeness (QED) is 0.0463. The van der Waals surface area contributed by atoms with Gasteiger partial charge in [-0.2, -0.15) is 0 Å². The van der Waals surface area contributed by atoms with E-state index in [1.807, 2.05) is 291 Å². The van der Waals surface area contributed by atoms with E-state index in [0.29, 0.717) is 19.3 Å². The molecule has 0 aliphatic rings. The summed E-state index contributed by atoms with van der Waals surface area (Å²) in [4.78, 5) is 67.2. The van der Waals surface area contributed by atoms with Gasteiger partial charge in [0.05, 0.1) is 98.7 Å². The molecule has 762 valence electrons. The van der Waals surface area contributed by atoms with Gasteiger partial charge in [0.15, 0.2) is 0 Å². The van der Waals surface area contributed by atoms with E-state index in [1.54, 1.807) is 20.8 Å². The summed E-state index contributed by atoms with van der Waals surface area (Å²) >= 11 is 0. The number of ketones is 7.